The van der Waals surface area contributed by atoms with Crippen LogP contribution in [0.15, 0.2) is 46.2 Å². The molecule has 2 rings (SSSR count). The molecule has 0 saturated heterocycles. The van der Waals surface area contributed by atoms with Gasteiger partial charge < -0.3 is 37.0 Å². The van der Waals surface area contributed by atoms with Crippen LogP contribution in [0.3, 0.4) is 0 Å². The van der Waals surface area contributed by atoms with Gasteiger partial charge in [-0.15, -0.1) is 0 Å². The van der Waals surface area contributed by atoms with E-state index >= 15 is 0 Å². The molecule has 52 heavy (non-hydrogen) atoms. The lowest BCUT2D eigenvalue weighted by Gasteiger charge is -2.23. The number of hydrogen-bond donors (Lipinski definition) is 0. The van der Waals surface area contributed by atoms with Crippen molar-refractivity contribution in [2.45, 2.75) is 75.4 Å². The fourth-order valence-corrected chi connectivity index (χ4v) is 4.62. The number of carbonyl (C=O) groups excluding carboxylic acids is 4. The average Bonchev–Trinajstić information content (AvgIpc) is 2.99. The van der Waals surface area contributed by atoms with Gasteiger partial charge in [0.05, 0.1) is 52.1 Å². The average molecular weight is 779 g/mol. The molecule has 0 spiro atoms. The Hall–Kier alpha value is -3.68. The van der Waals surface area contributed by atoms with Gasteiger partial charge in [0.1, 0.15) is 46.5 Å². The van der Waals surface area contributed by atoms with Gasteiger partial charge >= 0.3 is 23.9 Å². The van der Waals surface area contributed by atoms with Gasteiger partial charge in [-0.3, -0.25) is 9.59 Å². The number of quaternary nitrogens is 2. The largest absolute Gasteiger partial charge is 0.744 e. The molecule has 0 aliphatic carbocycles. The van der Waals surface area contributed by atoms with Crippen LogP contribution in [0.4, 0.5) is 0 Å². The second kappa shape index (κ2) is 21.8. The monoisotopic (exact) mass is 778 g/mol. The molecule has 0 bridgehead atoms. The van der Waals surface area contributed by atoms with E-state index in [0.717, 1.165) is 46.3 Å². The molecule has 2 aromatic carbocycles. The van der Waals surface area contributed by atoms with Crippen molar-refractivity contribution in [3.8, 4) is 0 Å². The Morgan fingerprint density at radius 2 is 0.923 bits per heavy atom. The highest BCUT2D eigenvalue weighted by molar-refractivity contribution is 7.86. The van der Waals surface area contributed by atoms with Gasteiger partial charge in [0.2, 0.25) is 0 Å². The van der Waals surface area contributed by atoms with Gasteiger partial charge in [-0.25, -0.2) is 26.4 Å². The van der Waals surface area contributed by atoms with E-state index in [1.807, 2.05) is 56.1 Å². The van der Waals surface area contributed by atoms with Crippen molar-refractivity contribution in [3.63, 3.8) is 0 Å². The highest BCUT2D eigenvalue weighted by Crippen LogP contribution is 2.22. The minimum Gasteiger partial charge on any atom is -0.744 e. The molecule has 0 aromatic heterocycles. The fraction of sp³-hybridized carbons (Fsp3) is 0.588. The van der Waals surface area contributed by atoms with E-state index in [2.05, 4.69) is 0 Å². The van der Waals surface area contributed by atoms with Crippen molar-refractivity contribution in [2.24, 2.45) is 0 Å². The maximum Gasteiger partial charge on any atom is 0.347 e. The van der Waals surface area contributed by atoms with E-state index < -0.39 is 54.2 Å². The number of ether oxygens (including phenoxy) is 4. The third-order valence-electron chi connectivity index (χ3n) is 6.56. The van der Waals surface area contributed by atoms with E-state index in [-0.39, 0.29) is 11.9 Å². The highest BCUT2D eigenvalue weighted by atomic mass is 32.2. The van der Waals surface area contributed by atoms with Crippen LogP contribution in [-0.2, 0) is 58.4 Å². The quantitative estimate of drug-likeness (QED) is 0.104. The molecule has 2 atom stereocenters. The second-order valence-corrected chi connectivity index (χ2v) is 16.5. The molecule has 0 N–H and O–H groups in total. The zero-order chi connectivity index (χ0) is 40.5. The molecule has 0 fully saturated rings. The van der Waals surface area contributed by atoms with Gasteiger partial charge in [-0.05, 0) is 61.7 Å². The van der Waals surface area contributed by atoms with E-state index in [1.54, 1.807) is 0 Å². The highest BCUT2D eigenvalue weighted by Gasteiger charge is 2.21. The van der Waals surface area contributed by atoms with Crippen molar-refractivity contribution >= 4 is 54.9 Å². The van der Waals surface area contributed by atoms with Crippen LogP contribution in [-0.4, -0.2) is 140 Å². The van der Waals surface area contributed by atoms with E-state index in [1.165, 1.54) is 26.0 Å². The predicted octanol–water partition coefficient (Wildman–Crippen LogP) is 2.58. The predicted molar refractivity (Wildman–Crippen MR) is 189 cm³/mol. The molecule has 0 amide bonds. The summed E-state index contributed by atoms with van der Waals surface area (Å²) < 4.78 is 86.1. The lowest BCUT2D eigenvalue weighted by atomic mass is 10.1. The first-order chi connectivity index (χ1) is 23.7. The molecular weight excluding hydrogens is 725 g/mol. The van der Waals surface area contributed by atoms with E-state index in [0.29, 0.717) is 49.7 Å². The molecule has 0 aliphatic heterocycles. The van der Waals surface area contributed by atoms with Crippen molar-refractivity contribution in [1.82, 2.24) is 0 Å². The zero-order valence-electron chi connectivity index (χ0n) is 31.7. The minimum absolute atomic E-state index is 0.330. The fourth-order valence-electron chi connectivity index (χ4n) is 3.60. The summed E-state index contributed by atoms with van der Waals surface area (Å²) >= 11 is 0. The summed E-state index contributed by atoms with van der Waals surface area (Å²) in [4.78, 5) is 44.4. The number of likely N-dealkylation sites (N-methyl/N-ethyl adjacent to an activating group) is 2. The van der Waals surface area contributed by atoms with Crippen molar-refractivity contribution in [2.75, 3.05) is 68.6 Å². The van der Waals surface area contributed by atoms with Crippen molar-refractivity contribution < 1.29 is 73.0 Å². The number of esters is 4. The molecule has 2 aromatic rings. The summed E-state index contributed by atoms with van der Waals surface area (Å²) in [6.07, 6.45) is 0.444. The van der Waals surface area contributed by atoms with Crippen LogP contribution in [0, 0.1) is 0 Å². The molecule has 0 heterocycles. The van der Waals surface area contributed by atoms with Crippen LogP contribution < -0.4 is 0 Å². The molecule has 0 aliphatic rings. The molecule has 0 saturated carbocycles. The first-order valence-electron chi connectivity index (χ1n) is 16.5. The topological polar surface area (TPSA) is 220 Å². The van der Waals surface area contributed by atoms with Crippen LogP contribution in [0.1, 0.15) is 53.4 Å². The third-order valence-corrected chi connectivity index (χ3v) is 8.22. The van der Waals surface area contributed by atoms with Gasteiger partial charge in [0.25, 0.3) is 0 Å². The summed E-state index contributed by atoms with van der Waals surface area (Å²) in [6.45, 7) is 8.93. The Labute approximate surface area is 307 Å². The molecule has 18 heteroatoms. The smallest absolute Gasteiger partial charge is 0.347 e. The first kappa shape index (κ1) is 48.3. The Bertz CT molecular complexity index is 1570. The first-order valence-corrected chi connectivity index (χ1v) is 19.3. The second-order valence-electron chi connectivity index (χ2n) is 13.7. The van der Waals surface area contributed by atoms with Crippen molar-refractivity contribution in [3.05, 3.63) is 36.4 Å². The maximum absolute atomic E-state index is 11.5. The number of rotatable bonds is 16. The van der Waals surface area contributed by atoms with E-state index in [4.69, 9.17) is 18.9 Å². The van der Waals surface area contributed by atoms with Crippen LogP contribution in [0.5, 0.6) is 0 Å². The Morgan fingerprint density at radius 1 is 0.615 bits per heavy atom. The lowest BCUT2D eigenvalue weighted by molar-refractivity contribution is -0.870. The van der Waals surface area contributed by atoms with Gasteiger partial charge in [0, 0.05) is 12.8 Å². The molecular formula is C34H54N2O14S2. The summed E-state index contributed by atoms with van der Waals surface area (Å²) in [5.41, 5.74) is 0. The Balaban J connectivity index is 0.000000751. The van der Waals surface area contributed by atoms with Crippen LogP contribution in [0.2, 0.25) is 0 Å². The summed E-state index contributed by atoms with van der Waals surface area (Å²) in [5, 5.41) is 0.721. The summed E-state index contributed by atoms with van der Waals surface area (Å²) in [5.74, 6) is -1.68. The number of nitrogens with zero attached hydrogens (tertiary/aromatic N) is 2. The summed E-state index contributed by atoms with van der Waals surface area (Å²) in [6, 6.07) is 6.92. The Morgan fingerprint density at radius 3 is 1.17 bits per heavy atom. The number of fused-ring (bicyclic) bond motifs is 1. The maximum atomic E-state index is 11.5. The van der Waals surface area contributed by atoms with Crippen molar-refractivity contribution in [1.29, 1.82) is 0 Å². The zero-order valence-corrected chi connectivity index (χ0v) is 33.3. The van der Waals surface area contributed by atoms with Crippen LogP contribution >= 0.6 is 0 Å². The lowest BCUT2D eigenvalue weighted by Crippen LogP contribution is -2.39. The van der Waals surface area contributed by atoms with E-state index in [9.17, 15) is 45.1 Å². The van der Waals surface area contributed by atoms with Gasteiger partial charge in [-0.1, -0.05) is 26.0 Å². The third kappa shape index (κ3) is 21.6. The van der Waals surface area contributed by atoms with Gasteiger partial charge in [-0.2, -0.15) is 0 Å². The molecule has 16 nitrogen and oxygen atoms in total. The number of hydrogen-bond acceptors (Lipinski definition) is 14. The Kier molecular flexibility index (Phi) is 20.2. The molecule has 2 unspecified atom stereocenters. The normalized spacial score (nSPS) is 12.9. The SMILES string of the molecule is CCCC(=O)OC(C)C(=O)OCC[N+](C)(C)C.CCCC(=O)OC(C)C(=O)OCC[N+](C)(C)C.O=S(=O)([O-])c1ccc2cc(S(=O)(=O)[O-])ccc2c1. The number of benzene rings is 2. The molecule has 0 radical (unpaired) electrons. The number of carbonyl (C=O) groups is 4. The van der Waals surface area contributed by atoms with Crippen LogP contribution in [0.25, 0.3) is 10.8 Å². The summed E-state index contributed by atoms with van der Waals surface area (Å²) in [7, 11) is 2.95. The minimum atomic E-state index is -4.56. The standard InChI is InChI=1S/2C12H24NO4.C10H8O6S2/c2*1-6-7-11(14)17-10(2)12(15)16-9-8-13(3,4)5;11-17(12,13)9-3-1-7-5-10(18(14,15)16)4-2-8(7)6-9/h2*10H,6-9H2,1-5H3;1-6H,(H,11,12,13)(H,14,15,16)/q2*+1;/p-2. The van der Waals surface area contributed by atoms with Gasteiger partial charge in [0.15, 0.2) is 12.2 Å². The molecule has 296 valence electrons.